The second kappa shape index (κ2) is 10.1. The number of hydrogen-bond donors (Lipinski definition) is 4. The number of nitrogens with zero attached hydrogens (tertiary/aromatic N) is 2. The molecule has 0 unspecified atom stereocenters. The highest BCUT2D eigenvalue weighted by Gasteiger charge is 2.36. The Bertz CT molecular complexity index is 1420. The predicted molar refractivity (Wildman–Crippen MR) is 139 cm³/mol. The normalized spacial score (nSPS) is 15.2. The van der Waals surface area contributed by atoms with Crippen LogP contribution in [0, 0.1) is 6.92 Å². The average molecular weight is 486 g/mol. The Hall–Kier alpha value is -3.75. The first-order valence-electron chi connectivity index (χ1n) is 12.4. The number of piperidine rings is 1. The molecule has 186 valence electrons. The van der Waals surface area contributed by atoms with Crippen LogP contribution in [-0.2, 0) is 17.8 Å². The Morgan fingerprint density at radius 3 is 2.72 bits per heavy atom. The van der Waals surface area contributed by atoms with Gasteiger partial charge in [0.25, 0.3) is 5.91 Å². The molecule has 2 amide bonds. The molecule has 0 bridgehead atoms. The molecule has 4 N–H and O–H groups in total. The van der Waals surface area contributed by atoms with E-state index in [0.717, 1.165) is 35.1 Å². The van der Waals surface area contributed by atoms with Gasteiger partial charge in [-0.15, -0.1) is 0 Å². The minimum Gasteiger partial charge on any atom is -0.347 e. The number of rotatable bonds is 7. The minimum absolute atomic E-state index is 0.0404. The topological polar surface area (TPSA) is 108 Å². The molecule has 8 nitrogen and oxygen atoms in total. The van der Waals surface area contributed by atoms with E-state index in [0.29, 0.717) is 31.5 Å². The summed E-state index contributed by atoms with van der Waals surface area (Å²) in [6.07, 6.45) is 4.21. The number of carbonyl (C=O) groups is 2. The number of hydroxylamine groups is 1. The highest BCUT2D eigenvalue weighted by molar-refractivity contribution is 5.99. The third-order valence-corrected chi connectivity index (χ3v) is 7.15. The first kappa shape index (κ1) is 24.0. The predicted octanol–water partition coefficient (Wildman–Crippen LogP) is 3.49. The second-order valence-electron chi connectivity index (χ2n) is 9.67. The molecule has 0 aliphatic carbocycles. The van der Waals surface area contributed by atoms with Gasteiger partial charge in [0, 0.05) is 40.3 Å². The summed E-state index contributed by atoms with van der Waals surface area (Å²) in [5.74, 6) is -0.710. The van der Waals surface area contributed by atoms with E-state index in [1.165, 1.54) is 10.9 Å². The molecule has 1 saturated heterocycles. The molecular formula is C28H31N5O3. The summed E-state index contributed by atoms with van der Waals surface area (Å²) in [4.78, 5) is 29.7. The fraction of sp³-hybridized carbons (Fsp3) is 0.321. The quantitative estimate of drug-likeness (QED) is 0.237. The maximum atomic E-state index is 13.2. The lowest BCUT2D eigenvalue weighted by molar-refractivity contribution is -0.130. The van der Waals surface area contributed by atoms with Gasteiger partial charge in [0.2, 0.25) is 5.91 Å². The molecule has 0 atom stereocenters. The van der Waals surface area contributed by atoms with Crippen LogP contribution < -0.4 is 16.1 Å². The largest absolute Gasteiger partial charge is 0.347 e. The fourth-order valence-corrected chi connectivity index (χ4v) is 5.29. The summed E-state index contributed by atoms with van der Waals surface area (Å²) in [6.45, 7) is 4.24. The molecule has 4 aromatic rings. The zero-order valence-electron chi connectivity index (χ0n) is 20.4. The summed E-state index contributed by atoms with van der Waals surface area (Å²) < 4.78 is 2.21. The van der Waals surface area contributed by atoms with Gasteiger partial charge in [-0.05, 0) is 81.2 Å². The number of aromatic nitrogens is 2. The highest BCUT2D eigenvalue weighted by atomic mass is 16.5. The third-order valence-electron chi connectivity index (χ3n) is 7.15. The van der Waals surface area contributed by atoms with E-state index in [1.54, 1.807) is 5.48 Å². The van der Waals surface area contributed by atoms with Crippen molar-refractivity contribution < 1.29 is 14.8 Å². The van der Waals surface area contributed by atoms with Crippen LogP contribution in [0.15, 0.2) is 60.8 Å². The zero-order chi connectivity index (χ0) is 25.1. The Morgan fingerprint density at radius 2 is 1.92 bits per heavy atom. The lowest BCUT2D eigenvalue weighted by atomic mass is 9.84. The number of nitrogens with one attached hydrogen (secondary N) is 3. The van der Waals surface area contributed by atoms with E-state index in [1.807, 2.05) is 49.4 Å². The van der Waals surface area contributed by atoms with Gasteiger partial charge < -0.3 is 15.2 Å². The first-order chi connectivity index (χ1) is 17.5. The average Bonchev–Trinajstić information content (AvgIpc) is 3.29. The van der Waals surface area contributed by atoms with Crippen molar-refractivity contribution in [1.29, 1.82) is 0 Å². The van der Waals surface area contributed by atoms with Crippen LogP contribution >= 0.6 is 0 Å². The summed E-state index contributed by atoms with van der Waals surface area (Å²) in [7, 11) is 0. The molecule has 36 heavy (non-hydrogen) atoms. The maximum Gasteiger partial charge on any atom is 0.251 e. The fourth-order valence-electron chi connectivity index (χ4n) is 5.29. The van der Waals surface area contributed by atoms with Crippen molar-refractivity contribution in [3.05, 3.63) is 77.6 Å². The standard InChI is InChI=1S/C28H31N5O3/c1-19-16-20(23-4-2-3-5-24(23)30-19)8-14-33-15-9-21-17-22(6-7-25(21)33)27(35)31-28(18-26(34)32-36)10-12-29-13-11-28/h2-7,9,15-17,29,36H,8,10-14,18H2,1H3,(H,31,35)(H,32,34). The molecule has 2 aromatic carbocycles. The monoisotopic (exact) mass is 485 g/mol. The lowest BCUT2D eigenvalue weighted by Gasteiger charge is -2.37. The Balaban J connectivity index is 1.33. The summed E-state index contributed by atoms with van der Waals surface area (Å²) >= 11 is 0. The number of hydrogen-bond acceptors (Lipinski definition) is 5. The van der Waals surface area contributed by atoms with Gasteiger partial charge in [-0.3, -0.25) is 19.8 Å². The molecule has 0 saturated carbocycles. The van der Waals surface area contributed by atoms with Gasteiger partial charge in [0.05, 0.1) is 17.5 Å². The van der Waals surface area contributed by atoms with Crippen molar-refractivity contribution >= 4 is 33.6 Å². The molecule has 3 heterocycles. The molecule has 1 aliphatic heterocycles. The van der Waals surface area contributed by atoms with Crippen LogP contribution in [0.4, 0.5) is 0 Å². The van der Waals surface area contributed by atoms with Crippen molar-refractivity contribution in [2.75, 3.05) is 13.1 Å². The van der Waals surface area contributed by atoms with Crippen molar-refractivity contribution in [2.24, 2.45) is 0 Å². The number of benzene rings is 2. The van der Waals surface area contributed by atoms with Crippen molar-refractivity contribution in [3.8, 4) is 0 Å². The number of carbonyl (C=O) groups excluding carboxylic acids is 2. The molecule has 1 aliphatic rings. The van der Waals surface area contributed by atoms with Gasteiger partial charge in [-0.25, -0.2) is 5.48 Å². The number of pyridine rings is 1. The van der Waals surface area contributed by atoms with E-state index in [-0.39, 0.29) is 12.3 Å². The second-order valence-corrected chi connectivity index (χ2v) is 9.67. The van der Waals surface area contributed by atoms with Crippen molar-refractivity contribution in [3.63, 3.8) is 0 Å². The van der Waals surface area contributed by atoms with Gasteiger partial charge in [0.15, 0.2) is 0 Å². The molecule has 5 rings (SSSR count). The Labute approximate surface area is 209 Å². The Kier molecular flexibility index (Phi) is 6.71. The van der Waals surface area contributed by atoms with Crippen LogP contribution in [0.2, 0.25) is 0 Å². The maximum absolute atomic E-state index is 13.2. The van der Waals surface area contributed by atoms with Gasteiger partial charge in [-0.1, -0.05) is 18.2 Å². The molecule has 0 spiro atoms. The van der Waals surface area contributed by atoms with E-state index < -0.39 is 11.4 Å². The summed E-state index contributed by atoms with van der Waals surface area (Å²) in [6, 6.07) is 18.1. The summed E-state index contributed by atoms with van der Waals surface area (Å²) in [5, 5.41) is 17.5. The summed E-state index contributed by atoms with van der Waals surface area (Å²) in [5.41, 5.74) is 5.94. The van der Waals surface area contributed by atoms with Crippen molar-refractivity contribution in [1.82, 2.24) is 25.7 Å². The molecule has 1 fully saturated rings. The SMILES string of the molecule is Cc1cc(CCn2ccc3cc(C(=O)NC4(CC(=O)NO)CCNCC4)ccc32)c2ccccc2n1. The van der Waals surface area contributed by atoms with Crippen LogP contribution in [-0.4, -0.2) is 45.2 Å². The van der Waals surface area contributed by atoms with Crippen LogP contribution in [0.25, 0.3) is 21.8 Å². The van der Waals surface area contributed by atoms with Crippen LogP contribution in [0.1, 0.15) is 40.9 Å². The van der Waals surface area contributed by atoms with Gasteiger partial charge in [-0.2, -0.15) is 0 Å². The number of amides is 2. The minimum atomic E-state index is -0.679. The lowest BCUT2D eigenvalue weighted by Crippen LogP contribution is -2.56. The van der Waals surface area contributed by atoms with Crippen LogP contribution in [0.3, 0.4) is 0 Å². The highest BCUT2D eigenvalue weighted by Crippen LogP contribution is 2.25. The van der Waals surface area contributed by atoms with E-state index in [9.17, 15) is 9.59 Å². The zero-order valence-corrected chi connectivity index (χ0v) is 20.4. The van der Waals surface area contributed by atoms with Gasteiger partial charge >= 0.3 is 0 Å². The van der Waals surface area contributed by atoms with Crippen LogP contribution in [0.5, 0.6) is 0 Å². The number of fused-ring (bicyclic) bond motifs is 2. The first-order valence-corrected chi connectivity index (χ1v) is 12.4. The third kappa shape index (κ3) is 4.96. The molecular weight excluding hydrogens is 454 g/mol. The molecule has 2 aromatic heterocycles. The molecule has 0 radical (unpaired) electrons. The van der Waals surface area contributed by atoms with E-state index in [2.05, 4.69) is 38.5 Å². The van der Waals surface area contributed by atoms with Gasteiger partial charge in [0.1, 0.15) is 0 Å². The van der Waals surface area contributed by atoms with Crippen molar-refractivity contribution in [2.45, 2.75) is 44.7 Å². The molecule has 8 heteroatoms. The van der Waals surface area contributed by atoms with E-state index in [4.69, 9.17) is 5.21 Å². The Morgan fingerprint density at radius 1 is 1.11 bits per heavy atom. The van der Waals surface area contributed by atoms with E-state index >= 15 is 0 Å². The number of para-hydroxylation sites is 1. The smallest absolute Gasteiger partial charge is 0.251 e. The number of aryl methyl sites for hydroxylation is 3.